The molecule has 0 aromatic heterocycles. The van der Waals surface area contributed by atoms with Gasteiger partial charge in [0.1, 0.15) is 0 Å². The molecule has 2 fully saturated rings. The molecule has 1 heterocycles. The quantitative estimate of drug-likeness (QED) is 0.842. The molecule has 126 valence electrons. The lowest BCUT2D eigenvalue weighted by atomic mass is 10.1. The smallest absolute Gasteiger partial charge is 0.335 e. The van der Waals surface area contributed by atoms with Crippen LogP contribution in [0.1, 0.15) is 23.2 Å². The lowest BCUT2D eigenvalue weighted by Gasteiger charge is -2.21. The van der Waals surface area contributed by atoms with Crippen LogP contribution < -0.4 is 4.72 Å². The molecular weight excluding hydrogens is 332 g/mol. The zero-order valence-corrected chi connectivity index (χ0v) is 12.8. The van der Waals surface area contributed by atoms with Crippen molar-refractivity contribution in [3.05, 3.63) is 29.8 Å². The predicted octanol–water partition coefficient (Wildman–Crippen LogP) is 1.48. The zero-order chi connectivity index (χ0) is 16.9. The van der Waals surface area contributed by atoms with E-state index in [-0.39, 0.29) is 17.1 Å². The van der Waals surface area contributed by atoms with Gasteiger partial charge in [0.15, 0.2) is 5.60 Å². The van der Waals surface area contributed by atoms with Crippen molar-refractivity contribution in [1.29, 1.82) is 0 Å². The Morgan fingerprint density at radius 3 is 2.57 bits per heavy atom. The van der Waals surface area contributed by atoms with E-state index in [1.807, 2.05) is 0 Å². The molecule has 23 heavy (non-hydrogen) atoms. The van der Waals surface area contributed by atoms with E-state index < -0.39 is 40.0 Å². The van der Waals surface area contributed by atoms with Gasteiger partial charge in [-0.05, 0) is 37.1 Å². The molecule has 0 radical (unpaired) electrons. The van der Waals surface area contributed by atoms with E-state index in [1.54, 1.807) is 0 Å². The number of halogens is 2. The number of ether oxygens (including phenoxy) is 1. The van der Waals surface area contributed by atoms with Gasteiger partial charge < -0.3 is 9.84 Å². The van der Waals surface area contributed by atoms with Crippen molar-refractivity contribution in [3.8, 4) is 0 Å². The van der Waals surface area contributed by atoms with E-state index in [0.717, 1.165) is 24.3 Å². The molecule has 6 nitrogen and oxygen atoms in total. The Bertz CT molecular complexity index is 734. The molecular formula is C14H15F2NO5S. The predicted molar refractivity (Wildman–Crippen MR) is 74.9 cm³/mol. The lowest BCUT2D eigenvalue weighted by Crippen LogP contribution is -2.40. The van der Waals surface area contributed by atoms with Gasteiger partial charge in [-0.15, -0.1) is 0 Å². The van der Waals surface area contributed by atoms with Crippen LogP contribution in [0.5, 0.6) is 0 Å². The second kappa shape index (κ2) is 5.22. The molecule has 0 bridgehead atoms. The fourth-order valence-electron chi connectivity index (χ4n) is 3.01. The first-order valence-electron chi connectivity index (χ1n) is 7.05. The zero-order valence-electron chi connectivity index (χ0n) is 12.0. The largest absolute Gasteiger partial charge is 0.478 e. The molecule has 2 atom stereocenters. The number of hydrogen-bond acceptors (Lipinski definition) is 4. The number of rotatable bonds is 5. The molecule has 2 N–H and O–H groups in total. The van der Waals surface area contributed by atoms with Gasteiger partial charge in [-0.1, -0.05) is 0 Å². The van der Waals surface area contributed by atoms with Crippen LogP contribution in [0.4, 0.5) is 8.78 Å². The molecule has 1 saturated carbocycles. The molecule has 1 aliphatic heterocycles. The minimum atomic E-state index is -4.02. The van der Waals surface area contributed by atoms with E-state index in [0.29, 0.717) is 12.8 Å². The van der Waals surface area contributed by atoms with Gasteiger partial charge in [-0.3, -0.25) is 0 Å². The van der Waals surface area contributed by atoms with Crippen LogP contribution in [0.25, 0.3) is 0 Å². The van der Waals surface area contributed by atoms with Crippen LogP contribution in [0.2, 0.25) is 0 Å². The summed E-state index contributed by atoms with van der Waals surface area (Å²) in [7, 11) is -4.02. The number of sulfonamides is 1. The number of alkyl halides is 2. The fourth-order valence-corrected chi connectivity index (χ4v) is 4.08. The van der Waals surface area contributed by atoms with E-state index in [4.69, 9.17) is 9.84 Å². The third-order valence-electron chi connectivity index (χ3n) is 4.41. The van der Waals surface area contributed by atoms with Gasteiger partial charge in [0, 0.05) is 13.2 Å². The number of carboxylic acid groups (broad SMARTS) is 1. The summed E-state index contributed by atoms with van der Waals surface area (Å²) in [6, 6.07) is 4.52. The summed E-state index contributed by atoms with van der Waals surface area (Å²) in [5.41, 5.74) is -1.81. The monoisotopic (exact) mass is 347 g/mol. The number of nitrogens with one attached hydrogen (secondary N) is 1. The SMILES string of the molecule is O=C(O)c1ccc(S(=O)(=O)NC[C@]23OCCC[C@H]2C3(F)F)cc1. The molecule has 0 spiro atoms. The van der Waals surface area contributed by atoms with Crippen molar-refractivity contribution in [2.75, 3.05) is 13.2 Å². The summed E-state index contributed by atoms with van der Waals surface area (Å²) in [4.78, 5) is 10.6. The number of hydrogen-bond donors (Lipinski definition) is 2. The number of carboxylic acids is 1. The second-order valence-electron chi connectivity index (χ2n) is 5.71. The average molecular weight is 347 g/mol. The third kappa shape index (κ3) is 2.52. The standard InChI is InChI=1S/C14H15F2NO5S/c15-14(16)11-2-1-7-22-13(11,14)8-17-23(20,21)10-5-3-9(4-6-10)12(18)19/h3-6,11,17H,1-2,7-8H2,(H,18,19)/t11-,13+/m1/s1. The maximum Gasteiger partial charge on any atom is 0.335 e. The number of fused-ring (bicyclic) bond motifs is 1. The minimum absolute atomic E-state index is 0.0630. The van der Waals surface area contributed by atoms with Crippen LogP contribution in [-0.2, 0) is 14.8 Å². The van der Waals surface area contributed by atoms with Crippen molar-refractivity contribution >= 4 is 16.0 Å². The van der Waals surface area contributed by atoms with Crippen LogP contribution >= 0.6 is 0 Å². The Balaban J connectivity index is 1.73. The topological polar surface area (TPSA) is 92.7 Å². The van der Waals surface area contributed by atoms with Crippen LogP contribution in [0.15, 0.2) is 29.2 Å². The Morgan fingerprint density at radius 1 is 1.35 bits per heavy atom. The Labute approximate surface area is 131 Å². The summed E-state index contributed by atoms with van der Waals surface area (Å²) in [5, 5.41) is 8.78. The third-order valence-corrected chi connectivity index (χ3v) is 5.83. The molecule has 1 aliphatic carbocycles. The van der Waals surface area contributed by atoms with E-state index in [1.165, 1.54) is 0 Å². The van der Waals surface area contributed by atoms with Crippen molar-refractivity contribution in [2.24, 2.45) is 5.92 Å². The van der Waals surface area contributed by atoms with E-state index in [2.05, 4.69) is 4.72 Å². The number of carbonyl (C=O) groups is 1. The number of aromatic carboxylic acids is 1. The molecule has 1 aromatic rings. The first kappa shape index (κ1) is 16.3. The summed E-state index contributed by atoms with van der Waals surface area (Å²) < 4.78 is 59.4. The van der Waals surface area contributed by atoms with Gasteiger partial charge in [0.25, 0.3) is 5.92 Å². The minimum Gasteiger partial charge on any atom is -0.478 e. The van der Waals surface area contributed by atoms with Gasteiger partial charge >= 0.3 is 5.97 Å². The molecule has 0 amide bonds. The van der Waals surface area contributed by atoms with Gasteiger partial charge in [-0.25, -0.2) is 26.7 Å². The molecule has 1 aromatic carbocycles. The molecule has 3 rings (SSSR count). The lowest BCUT2D eigenvalue weighted by molar-refractivity contribution is -0.0561. The van der Waals surface area contributed by atoms with Crippen molar-refractivity contribution in [1.82, 2.24) is 4.72 Å². The Kier molecular flexibility index (Phi) is 3.69. The maximum absolute atomic E-state index is 13.9. The molecule has 2 aliphatic rings. The molecule has 0 unspecified atom stereocenters. The molecule has 9 heteroatoms. The summed E-state index contributed by atoms with van der Waals surface area (Å²) in [5.74, 6) is -5.17. The van der Waals surface area contributed by atoms with Crippen LogP contribution in [0.3, 0.4) is 0 Å². The summed E-state index contributed by atoms with van der Waals surface area (Å²) in [6.45, 7) is -0.325. The Morgan fingerprint density at radius 2 is 2.00 bits per heavy atom. The highest BCUT2D eigenvalue weighted by atomic mass is 32.2. The highest BCUT2D eigenvalue weighted by molar-refractivity contribution is 7.89. The van der Waals surface area contributed by atoms with E-state index >= 15 is 0 Å². The van der Waals surface area contributed by atoms with Gasteiger partial charge in [0.2, 0.25) is 10.0 Å². The molecule has 1 saturated heterocycles. The second-order valence-corrected chi connectivity index (χ2v) is 7.48. The van der Waals surface area contributed by atoms with Crippen LogP contribution in [0, 0.1) is 5.92 Å². The van der Waals surface area contributed by atoms with Crippen molar-refractivity contribution < 1.29 is 31.8 Å². The highest BCUT2D eigenvalue weighted by Gasteiger charge is 2.82. The Hall–Kier alpha value is -1.58. The summed E-state index contributed by atoms with van der Waals surface area (Å²) in [6.07, 6.45) is 0.841. The number of benzene rings is 1. The first-order valence-corrected chi connectivity index (χ1v) is 8.54. The summed E-state index contributed by atoms with van der Waals surface area (Å²) >= 11 is 0. The van der Waals surface area contributed by atoms with Gasteiger partial charge in [-0.2, -0.15) is 0 Å². The van der Waals surface area contributed by atoms with E-state index in [9.17, 15) is 22.0 Å². The average Bonchev–Trinajstić information content (AvgIpc) is 3.02. The van der Waals surface area contributed by atoms with Crippen molar-refractivity contribution in [3.63, 3.8) is 0 Å². The van der Waals surface area contributed by atoms with Crippen LogP contribution in [-0.4, -0.2) is 44.2 Å². The first-order chi connectivity index (χ1) is 10.7. The highest BCUT2D eigenvalue weighted by Crippen LogP contribution is 2.64. The maximum atomic E-state index is 13.9. The fraction of sp³-hybridized carbons (Fsp3) is 0.500. The normalized spacial score (nSPS) is 28.9. The van der Waals surface area contributed by atoms with Gasteiger partial charge in [0.05, 0.1) is 16.4 Å². The van der Waals surface area contributed by atoms with Crippen molar-refractivity contribution in [2.45, 2.75) is 29.3 Å².